The molecule has 76 valence electrons. The van der Waals surface area contributed by atoms with Crippen LogP contribution in [0.25, 0.3) is 0 Å². The molecule has 0 bridgehead atoms. The van der Waals surface area contributed by atoms with Crippen molar-refractivity contribution in [2.75, 3.05) is 0 Å². The zero-order valence-electron chi connectivity index (χ0n) is 7.67. The van der Waals surface area contributed by atoms with Gasteiger partial charge in [-0.2, -0.15) is 18.4 Å². The Labute approximate surface area is 80.8 Å². The minimum Gasteiger partial charge on any atom is -0.192 e. The minimum absolute atomic E-state index is 0.0188. The molecule has 0 aromatic rings. The molecule has 0 spiro atoms. The average Bonchev–Trinajstić information content (AvgIpc) is 2.10. The smallest absolute Gasteiger partial charge is 0.192 e. The summed E-state index contributed by atoms with van der Waals surface area (Å²) in [6.07, 6.45) is 0.0487. The Morgan fingerprint density at radius 3 is 2.36 bits per heavy atom. The van der Waals surface area contributed by atoms with Gasteiger partial charge in [0, 0.05) is 5.57 Å². The van der Waals surface area contributed by atoms with Gasteiger partial charge in [-0.05, 0) is 13.0 Å². The highest BCUT2D eigenvalue weighted by Gasteiger charge is 2.35. The lowest BCUT2D eigenvalue weighted by atomic mass is 10.1. The summed E-state index contributed by atoms with van der Waals surface area (Å²) in [5.41, 5.74) is -0.0188. The van der Waals surface area contributed by atoms with Gasteiger partial charge in [-0.15, -0.1) is 6.58 Å². The van der Waals surface area contributed by atoms with Gasteiger partial charge in [-0.3, -0.25) is 0 Å². The topological polar surface area (TPSA) is 23.8 Å². The summed E-state index contributed by atoms with van der Waals surface area (Å²) >= 11 is 0. The number of rotatable bonds is 3. The van der Waals surface area contributed by atoms with Crippen molar-refractivity contribution >= 4 is 0 Å². The van der Waals surface area contributed by atoms with Gasteiger partial charge in [0.25, 0.3) is 0 Å². The van der Waals surface area contributed by atoms with Crippen LogP contribution in [0, 0.1) is 17.2 Å². The largest absolute Gasteiger partial charge is 0.398 e. The van der Waals surface area contributed by atoms with Crippen LogP contribution in [0.3, 0.4) is 0 Å². The molecule has 0 aromatic heterocycles. The first-order valence-electron chi connectivity index (χ1n) is 3.89. The van der Waals surface area contributed by atoms with Crippen LogP contribution in [-0.2, 0) is 0 Å². The Morgan fingerprint density at radius 1 is 1.50 bits per heavy atom. The van der Waals surface area contributed by atoms with Gasteiger partial charge in [-0.1, -0.05) is 18.2 Å². The minimum atomic E-state index is -4.38. The Bertz CT molecular complexity index is 291. The quantitative estimate of drug-likeness (QED) is 0.390. The maximum atomic E-state index is 12.2. The van der Waals surface area contributed by atoms with Crippen molar-refractivity contribution in [3.8, 4) is 6.07 Å². The molecule has 1 atom stereocenters. The molecule has 0 N–H and O–H groups in total. The number of alkyl halides is 3. The van der Waals surface area contributed by atoms with Gasteiger partial charge in [0.15, 0.2) is 0 Å². The van der Waals surface area contributed by atoms with E-state index >= 15 is 0 Å². The fourth-order valence-corrected chi connectivity index (χ4v) is 0.799. The van der Waals surface area contributed by atoms with Gasteiger partial charge in [0.2, 0.25) is 0 Å². The van der Waals surface area contributed by atoms with E-state index in [1.165, 1.54) is 12.2 Å². The Kier molecular flexibility index (Phi) is 4.71. The van der Waals surface area contributed by atoms with Crippen LogP contribution in [0.15, 0.2) is 36.5 Å². The zero-order chi connectivity index (χ0) is 11.2. The summed E-state index contributed by atoms with van der Waals surface area (Å²) in [5, 5.41) is 8.50. The van der Waals surface area contributed by atoms with E-state index in [1.807, 2.05) is 0 Å². The average molecular weight is 201 g/mol. The molecule has 0 aliphatic heterocycles. The second kappa shape index (κ2) is 5.28. The van der Waals surface area contributed by atoms with E-state index in [1.54, 1.807) is 13.0 Å². The number of nitriles is 1. The van der Waals surface area contributed by atoms with Gasteiger partial charge < -0.3 is 0 Å². The molecule has 4 heteroatoms. The van der Waals surface area contributed by atoms with Crippen LogP contribution in [-0.4, -0.2) is 6.18 Å². The molecule has 0 saturated heterocycles. The van der Waals surface area contributed by atoms with Crippen molar-refractivity contribution in [2.24, 2.45) is 5.92 Å². The van der Waals surface area contributed by atoms with Gasteiger partial charge >= 0.3 is 6.18 Å². The molecule has 0 aromatic carbocycles. The van der Waals surface area contributed by atoms with E-state index < -0.39 is 12.1 Å². The third-order valence-corrected chi connectivity index (χ3v) is 1.47. The number of halogens is 3. The molecule has 14 heavy (non-hydrogen) atoms. The summed E-state index contributed by atoms with van der Waals surface area (Å²) in [6.45, 7) is 4.70. The standard InChI is InChI=1S/C10H10F3N/c1-3-5-8(7-14)6-9(4-2)10(11,12)13/h3-6,9H,2H2,1H3/b5-3-,8-6+. The second-order valence-electron chi connectivity index (χ2n) is 2.54. The number of allylic oxidation sites excluding steroid dienone is 5. The molecular weight excluding hydrogens is 191 g/mol. The summed E-state index contributed by atoms with van der Waals surface area (Å²) in [6, 6.07) is 1.67. The van der Waals surface area contributed by atoms with Gasteiger partial charge in [0.05, 0.1) is 12.0 Å². The van der Waals surface area contributed by atoms with Crippen molar-refractivity contribution in [1.82, 2.24) is 0 Å². The second-order valence-corrected chi connectivity index (χ2v) is 2.54. The molecule has 0 saturated carbocycles. The van der Waals surface area contributed by atoms with Crippen LogP contribution in [0.2, 0.25) is 0 Å². The molecular formula is C10H10F3N. The highest BCUT2D eigenvalue weighted by atomic mass is 19.4. The molecule has 1 nitrogen and oxygen atoms in total. The summed E-state index contributed by atoms with van der Waals surface area (Å²) in [5.74, 6) is -1.77. The number of hydrogen-bond donors (Lipinski definition) is 0. The van der Waals surface area contributed by atoms with Crippen LogP contribution in [0.5, 0.6) is 0 Å². The fourth-order valence-electron chi connectivity index (χ4n) is 0.799. The van der Waals surface area contributed by atoms with Crippen LogP contribution >= 0.6 is 0 Å². The summed E-state index contributed by atoms with van der Waals surface area (Å²) in [7, 11) is 0. The molecule has 0 radical (unpaired) electrons. The lowest BCUT2D eigenvalue weighted by molar-refractivity contribution is -0.148. The van der Waals surface area contributed by atoms with E-state index in [-0.39, 0.29) is 5.57 Å². The predicted octanol–water partition coefficient (Wildman–Crippen LogP) is 3.38. The lowest BCUT2D eigenvalue weighted by Crippen LogP contribution is -2.18. The SMILES string of the molecule is C=CC(/C=C(C#N)\C=C/C)C(F)(F)F. The molecule has 1 unspecified atom stereocenters. The molecule has 0 aliphatic rings. The van der Waals surface area contributed by atoms with E-state index in [2.05, 4.69) is 6.58 Å². The lowest BCUT2D eigenvalue weighted by Gasteiger charge is -2.11. The van der Waals surface area contributed by atoms with Crippen molar-refractivity contribution in [2.45, 2.75) is 13.1 Å². The molecule has 0 heterocycles. The first kappa shape index (κ1) is 12.5. The Hall–Kier alpha value is -1.50. The highest BCUT2D eigenvalue weighted by molar-refractivity contribution is 5.34. The monoisotopic (exact) mass is 201 g/mol. The summed E-state index contributed by atoms with van der Waals surface area (Å²) < 4.78 is 36.6. The van der Waals surface area contributed by atoms with Crippen LogP contribution < -0.4 is 0 Å². The number of nitrogens with zero attached hydrogens (tertiary/aromatic N) is 1. The van der Waals surface area contributed by atoms with Crippen molar-refractivity contribution in [1.29, 1.82) is 5.26 Å². The normalized spacial score (nSPS) is 15.2. The van der Waals surface area contributed by atoms with Crippen molar-refractivity contribution in [3.63, 3.8) is 0 Å². The third-order valence-electron chi connectivity index (χ3n) is 1.47. The first-order valence-corrected chi connectivity index (χ1v) is 3.89. The maximum Gasteiger partial charge on any atom is 0.398 e. The predicted molar refractivity (Wildman–Crippen MR) is 48.3 cm³/mol. The molecule has 0 fully saturated rings. The molecule has 0 amide bonds. The fraction of sp³-hybridized carbons (Fsp3) is 0.300. The van der Waals surface area contributed by atoms with E-state index in [0.717, 1.165) is 12.2 Å². The van der Waals surface area contributed by atoms with E-state index in [9.17, 15) is 13.2 Å². The third kappa shape index (κ3) is 3.94. The van der Waals surface area contributed by atoms with Crippen LogP contribution in [0.4, 0.5) is 13.2 Å². The van der Waals surface area contributed by atoms with E-state index in [0.29, 0.717) is 0 Å². The number of hydrogen-bond acceptors (Lipinski definition) is 1. The first-order chi connectivity index (χ1) is 6.45. The summed E-state index contributed by atoms with van der Waals surface area (Å²) in [4.78, 5) is 0. The molecule has 0 rings (SSSR count). The zero-order valence-corrected chi connectivity index (χ0v) is 7.67. The van der Waals surface area contributed by atoms with Crippen molar-refractivity contribution < 1.29 is 13.2 Å². The van der Waals surface area contributed by atoms with Crippen LogP contribution in [0.1, 0.15) is 6.92 Å². The Balaban J connectivity index is 4.91. The maximum absolute atomic E-state index is 12.2. The Morgan fingerprint density at radius 2 is 2.07 bits per heavy atom. The van der Waals surface area contributed by atoms with Gasteiger partial charge in [-0.25, -0.2) is 0 Å². The van der Waals surface area contributed by atoms with Gasteiger partial charge in [0.1, 0.15) is 0 Å². The highest BCUT2D eigenvalue weighted by Crippen LogP contribution is 2.28. The molecule has 0 aliphatic carbocycles. The van der Waals surface area contributed by atoms with Crippen molar-refractivity contribution in [3.05, 3.63) is 36.5 Å². The van der Waals surface area contributed by atoms with E-state index in [4.69, 9.17) is 5.26 Å².